The summed E-state index contributed by atoms with van der Waals surface area (Å²) in [5.74, 6) is 0.828. The van der Waals surface area contributed by atoms with Crippen molar-refractivity contribution >= 4 is 11.8 Å². The first-order chi connectivity index (χ1) is 15.0. The SMILES string of the molecule is COc1ccc(CCNC(=O)[C@@H]2CN(C)C[C@H]2c2ccc(CNC(=O)CN)cc2)cc1. The molecule has 2 aromatic rings. The highest BCUT2D eigenvalue weighted by molar-refractivity contribution is 5.80. The number of ether oxygens (including phenoxy) is 1. The highest BCUT2D eigenvalue weighted by Gasteiger charge is 2.36. The third-order valence-electron chi connectivity index (χ3n) is 5.79. The van der Waals surface area contributed by atoms with Gasteiger partial charge in [0.15, 0.2) is 0 Å². The monoisotopic (exact) mass is 424 g/mol. The molecule has 3 rings (SSSR count). The van der Waals surface area contributed by atoms with E-state index in [4.69, 9.17) is 10.5 Å². The predicted molar refractivity (Wildman–Crippen MR) is 121 cm³/mol. The Morgan fingerprint density at radius 2 is 1.71 bits per heavy atom. The Bertz CT molecular complexity index is 867. The van der Waals surface area contributed by atoms with Crippen LogP contribution in [-0.4, -0.2) is 57.1 Å². The Balaban J connectivity index is 1.55. The van der Waals surface area contributed by atoms with Gasteiger partial charge in [-0.1, -0.05) is 36.4 Å². The lowest BCUT2D eigenvalue weighted by Gasteiger charge is -2.19. The molecule has 7 nitrogen and oxygen atoms in total. The summed E-state index contributed by atoms with van der Waals surface area (Å²) in [5, 5.41) is 5.89. The van der Waals surface area contributed by atoms with Crippen molar-refractivity contribution in [2.75, 3.05) is 40.3 Å². The minimum atomic E-state index is -0.173. The van der Waals surface area contributed by atoms with Crippen LogP contribution in [0.5, 0.6) is 5.75 Å². The van der Waals surface area contributed by atoms with Crippen LogP contribution in [0.1, 0.15) is 22.6 Å². The van der Waals surface area contributed by atoms with Crippen LogP contribution in [-0.2, 0) is 22.6 Å². The van der Waals surface area contributed by atoms with E-state index < -0.39 is 0 Å². The molecule has 0 spiro atoms. The van der Waals surface area contributed by atoms with E-state index in [1.807, 2.05) is 43.4 Å². The summed E-state index contributed by atoms with van der Waals surface area (Å²) in [6.45, 7) is 2.64. The smallest absolute Gasteiger partial charge is 0.234 e. The van der Waals surface area contributed by atoms with Crippen molar-refractivity contribution in [3.8, 4) is 5.75 Å². The number of hydrogen-bond donors (Lipinski definition) is 3. The summed E-state index contributed by atoms with van der Waals surface area (Å²) >= 11 is 0. The summed E-state index contributed by atoms with van der Waals surface area (Å²) < 4.78 is 5.18. The van der Waals surface area contributed by atoms with Gasteiger partial charge < -0.3 is 26.0 Å². The fourth-order valence-electron chi connectivity index (χ4n) is 4.01. The molecule has 0 aliphatic carbocycles. The second kappa shape index (κ2) is 10.9. The number of carbonyl (C=O) groups is 2. The molecule has 1 heterocycles. The number of hydrogen-bond acceptors (Lipinski definition) is 5. The van der Waals surface area contributed by atoms with Gasteiger partial charge in [0.2, 0.25) is 11.8 Å². The van der Waals surface area contributed by atoms with Gasteiger partial charge >= 0.3 is 0 Å². The van der Waals surface area contributed by atoms with Gasteiger partial charge in [-0.25, -0.2) is 0 Å². The maximum absolute atomic E-state index is 12.9. The van der Waals surface area contributed by atoms with Crippen LogP contribution in [0.25, 0.3) is 0 Å². The Morgan fingerprint density at radius 3 is 2.35 bits per heavy atom. The first kappa shape index (κ1) is 22.8. The van der Waals surface area contributed by atoms with Gasteiger partial charge in [-0.3, -0.25) is 9.59 Å². The number of nitrogens with one attached hydrogen (secondary N) is 2. The predicted octanol–water partition coefficient (Wildman–Crippen LogP) is 1.27. The van der Waals surface area contributed by atoms with E-state index in [1.54, 1.807) is 7.11 Å². The maximum Gasteiger partial charge on any atom is 0.234 e. The van der Waals surface area contributed by atoms with E-state index in [2.05, 4.69) is 27.7 Å². The van der Waals surface area contributed by atoms with E-state index in [-0.39, 0.29) is 30.2 Å². The number of amides is 2. The van der Waals surface area contributed by atoms with Gasteiger partial charge in [-0.2, -0.15) is 0 Å². The first-order valence-electron chi connectivity index (χ1n) is 10.6. The second-order valence-corrected chi connectivity index (χ2v) is 8.05. The molecule has 2 aromatic carbocycles. The van der Waals surface area contributed by atoms with Crippen LogP contribution < -0.4 is 21.1 Å². The van der Waals surface area contributed by atoms with Crippen LogP contribution >= 0.6 is 0 Å². The number of rotatable bonds is 9. The molecule has 1 aliphatic heterocycles. The molecule has 1 aliphatic rings. The molecule has 0 radical (unpaired) electrons. The number of nitrogens with two attached hydrogens (primary N) is 1. The summed E-state index contributed by atoms with van der Waals surface area (Å²) in [7, 11) is 3.70. The van der Waals surface area contributed by atoms with Crippen molar-refractivity contribution < 1.29 is 14.3 Å². The largest absolute Gasteiger partial charge is 0.497 e. The lowest BCUT2D eigenvalue weighted by Crippen LogP contribution is -2.35. The van der Waals surface area contributed by atoms with Crippen molar-refractivity contribution in [1.29, 1.82) is 0 Å². The Labute approximate surface area is 183 Å². The number of likely N-dealkylation sites (N-methyl/N-ethyl adjacent to an activating group) is 1. The van der Waals surface area contributed by atoms with Gasteiger partial charge in [0.1, 0.15) is 5.75 Å². The third kappa shape index (κ3) is 6.29. The topological polar surface area (TPSA) is 96.7 Å². The van der Waals surface area contributed by atoms with E-state index >= 15 is 0 Å². The van der Waals surface area contributed by atoms with Gasteiger partial charge in [0, 0.05) is 32.1 Å². The zero-order chi connectivity index (χ0) is 22.2. The summed E-state index contributed by atoms with van der Waals surface area (Å²) in [6, 6.07) is 16.0. The Morgan fingerprint density at radius 1 is 1.03 bits per heavy atom. The van der Waals surface area contributed by atoms with Crippen LogP contribution in [0.15, 0.2) is 48.5 Å². The van der Waals surface area contributed by atoms with Gasteiger partial charge in [0.25, 0.3) is 0 Å². The molecular formula is C24H32N4O3. The molecule has 2 amide bonds. The molecule has 0 unspecified atom stereocenters. The molecule has 31 heavy (non-hydrogen) atoms. The fraction of sp³-hybridized carbons (Fsp3) is 0.417. The third-order valence-corrected chi connectivity index (χ3v) is 5.79. The number of likely N-dealkylation sites (tertiary alicyclic amines) is 1. The molecule has 1 fully saturated rings. The lowest BCUT2D eigenvalue weighted by atomic mass is 9.88. The van der Waals surface area contributed by atoms with Crippen molar-refractivity contribution in [2.45, 2.75) is 18.9 Å². The molecular weight excluding hydrogens is 392 g/mol. The summed E-state index contributed by atoms with van der Waals surface area (Å²) in [4.78, 5) is 26.5. The molecule has 0 saturated carbocycles. The zero-order valence-corrected chi connectivity index (χ0v) is 18.3. The Hall–Kier alpha value is -2.90. The van der Waals surface area contributed by atoms with Crippen LogP contribution in [0.2, 0.25) is 0 Å². The van der Waals surface area contributed by atoms with Crippen molar-refractivity contribution in [3.05, 3.63) is 65.2 Å². The molecule has 0 aromatic heterocycles. The average Bonchev–Trinajstić information content (AvgIpc) is 3.20. The Kier molecular flexibility index (Phi) is 8.03. The van der Waals surface area contributed by atoms with Crippen molar-refractivity contribution in [3.63, 3.8) is 0 Å². The van der Waals surface area contributed by atoms with Crippen molar-refractivity contribution in [2.24, 2.45) is 11.7 Å². The van der Waals surface area contributed by atoms with Crippen LogP contribution in [0.3, 0.4) is 0 Å². The van der Waals surface area contributed by atoms with Gasteiger partial charge in [0.05, 0.1) is 19.6 Å². The highest BCUT2D eigenvalue weighted by Crippen LogP contribution is 2.32. The normalized spacial score (nSPS) is 18.5. The number of nitrogens with zero attached hydrogens (tertiary/aromatic N) is 1. The van der Waals surface area contributed by atoms with Gasteiger partial charge in [-0.05, 0) is 42.3 Å². The average molecular weight is 425 g/mol. The highest BCUT2D eigenvalue weighted by atomic mass is 16.5. The van der Waals surface area contributed by atoms with E-state index in [0.29, 0.717) is 13.1 Å². The molecule has 166 valence electrons. The van der Waals surface area contributed by atoms with Crippen LogP contribution in [0.4, 0.5) is 0 Å². The minimum Gasteiger partial charge on any atom is -0.497 e. The quantitative estimate of drug-likeness (QED) is 0.563. The standard InChI is InChI=1S/C24H32N4O3/c1-28-15-21(19-7-3-18(4-8-19)14-27-23(29)13-25)22(16-28)24(30)26-12-11-17-5-9-20(31-2)10-6-17/h3-10,21-22H,11-16,25H2,1-2H3,(H,26,30)(H,27,29)/t21-,22+/m0/s1. The maximum atomic E-state index is 12.9. The van der Waals surface area contributed by atoms with E-state index in [9.17, 15) is 9.59 Å². The first-order valence-corrected chi connectivity index (χ1v) is 10.6. The minimum absolute atomic E-state index is 0.0122. The summed E-state index contributed by atoms with van der Waals surface area (Å²) in [6.07, 6.45) is 0.784. The van der Waals surface area contributed by atoms with Crippen molar-refractivity contribution in [1.82, 2.24) is 15.5 Å². The zero-order valence-electron chi connectivity index (χ0n) is 18.3. The number of methoxy groups -OCH3 is 1. The number of carbonyl (C=O) groups excluding carboxylic acids is 2. The van der Waals surface area contributed by atoms with E-state index in [1.165, 1.54) is 5.56 Å². The molecule has 7 heteroatoms. The fourth-order valence-corrected chi connectivity index (χ4v) is 4.01. The second-order valence-electron chi connectivity index (χ2n) is 8.05. The molecule has 4 N–H and O–H groups in total. The van der Waals surface area contributed by atoms with Gasteiger partial charge in [-0.15, -0.1) is 0 Å². The molecule has 1 saturated heterocycles. The van der Waals surface area contributed by atoms with E-state index in [0.717, 1.165) is 36.4 Å². The summed E-state index contributed by atoms with van der Waals surface area (Å²) in [5.41, 5.74) is 8.64. The molecule has 2 atom stereocenters. The van der Waals surface area contributed by atoms with Crippen LogP contribution in [0, 0.1) is 5.92 Å². The number of benzene rings is 2. The lowest BCUT2D eigenvalue weighted by molar-refractivity contribution is -0.125. The molecule has 0 bridgehead atoms.